The summed E-state index contributed by atoms with van der Waals surface area (Å²) in [6.45, 7) is 4.13. The van der Waals surface area contributed by atoms with Crippen LogP contribution in [0, 0.1) is 6.92 Å². The molecule has 2 heteroatoms. The first kappa shape index (κ1) is 9.64. The molecule has 1 unspecified atom stereocenters. The van der Waals surface area contributed by atoms with E-state index in [9.17, 15) is 4.79 Å². The number of ketones is 1. The molecule has 0 N–H and O–H groups in total. The van der Waals surface area contributed by atoms with Gasteiger partial charge in [-0.25, -0.2) is 0 Å². The van der Waals surface area contributed by atoms with Gasteiger partial charge in [0, 0.05) is 17.6 Å². The second-order valence-electron chi connectivity index (χ2n) is 4.86. The van der Waals surface area contributed by atoms with Crippen LogP contribution in [0.1, 0.15) is 30.9 Å². The number of rotatable bonds is 0. The zero-order chi connectivity index (χ0) is 11.3. The van der Waals surface area contributed by atoms with Crippen molar-refractivity contribution in [3.8, 4) is 5.75 Å². The lowest BCUT2D eigenvalue weighted by molar-refractivity contribution is -0.115. The van der Waals surface area contributed by atoms with Crippen molar-refractivity contribution >= 4 is 11.4 Å². The summed E-state index contributed by atoms with van der Waals surface area (Å²) in [6, 6.07) is 6.15. The van der Waals surface area contributed by atoms with Gasteiger partial charge in [-0.2, -0.15) is 0 Å². The molecule has 1 aromatic carbocycles. The van der Waals surface area contributed by atoms with E-state index in [0.29, 0.717) is 6.42 Å². The maximum absolute atomic E-state index is 11.5. The molecule has 0 spiro atoms. The van der Waals surface area contributed by atoms with E-state index in [1.165, 1.54) is 5.56 Å². The Morgan fingerprint density at radius 2 is 2.19 bits per heavy atom. The van der Waals surface area contributed by atoms with E-state index in [1.54, 1.807) is 6.08 Å². The maximum atomic E-state index is 11.5. The van der Waals surface area contributed by atoms with Crippen LogP contribution in [0.15, 0.2) is 24.3 Å². The van der Waals surface area contributed by atoms with Crippen molar-refractivity contribution in [2.45, 2.75) is 32.3 Å². The van der Waals surface area contributed by atoms with Gasteiger partial charge in [-0.15, -0.1) is 0 Å². The lowest BCUT2D eigenvalue weighted by Crippen LogP contribution is -2.33. The van der Waals surface area contributed by atoms with Gasteiger partial charge in [0.05, 0.1) is 0 Å². The third-order valence-corrected chi connectivity index (χ3v) is 3.48. The van der Waals surface area contributed by atoms with Gasteiger partial charge in [0.1, 0.15) is 11.4 Å². The molecule has 0 saturated heterocycles. The fraction of sp³-hybridized carbons (Fsp3) is 0.357. The molecule has 16 heavy (non-hydrogen) atoms. The minimum atomic E-state index is -0.288. The molecule has 0 aromatic heterocycles. The summed E-state index contributed by atoms with van der Waals surface area (Å²) >= 11 is 0. The zero-order valence-corrected chi connectivity index (χ0v) is 9.54. The lowest BCUT2D eigenvalue weighted by Gasteiger charge is -2.28. The fourth-order valence-corrected chi connectivity index (χ4v) is 2.54. The van der Waals surface area contributed by atoms with Gasteiger partial charge in [0.25, 0.3) is 0 Å². The van der Waals surface area contributed by atoms with Crippen LogP contribution in [0.3, 0.4) is 0 Å². The molecule has 1 heterocycles. The van der Waals surface area contributed by atoms with Gasteiger partial charge >= 0.3 is 0 Å². The van der Waals surface area contributed by atoms with Crippen molar-refractivity contribution in [3.05, 3.63) is 35.4 Å². The number of allylic oxidation sites excluding steroid dienone is 1. The Morgan fingerprint density at radius 3 is 3.00 bits per heavy atom. The molecule has 1 aliphatic heterocycles. The average Bonchev–Trinajstić information content (AvgIpc) is 2.52. The van der Waals surface area contributed by atoms with Crippen molar-refractivity contribution in [1.29, 1.82) is 0 Å². The van der Waals surface area contributed by atoms with Crippen LogP contribution in [0.2, 0.25) is 0 Å². The minimum absolute atomic E-state index is 0.213. The highest BCUT2D eigenvalue weighted by atomic mass is 16.5. The molecule has 0 fully saturated rings. The number of carbonyl (C=O) groups excluding carboxylic acids is 1. The molecule has 0 amide bonds. The second-order valence-corrected chi connectivity index (χ2v) is 4.86. The van der Waals surface area contributed by atoms with Crippen molar-refractivity contribution in [2.75, 3.05) is 0 Å². The van der Waals surface area contributed by atoms with E-state index < -0.39 is 0 Å². The standard InChI is InChI=1S/C14H14O2/c1-9-3-4-13-11(7-9)12-8-10(15)5-6-14(12,2)16-13/h3-4,7-8H,5-6H2,1-2H3. The largest absolute Gasteiger partial charge is 0.482 e. The fourth-order valence-electron chi connectivity index (χ4n) is 2.54. The number of hydrogen-bond donors (Lipinski definition) is 0. The predicted molar refractivity (Wildman–Crippen MR) is 62.4 cm³/mol. The highest BCUT2D eigenvalue weighted by molar-refractivity contribution is 6.02. The normalized spacial score (nSPS) is 26.9. The Hall–Kier alpha value is -1.57. The first-order chi connectivity index (χ1) is 7.58. The molecule has 2 aliphatic rings. The molecule has 0 saturated carbocycles. The Bertz CT molecular complexity index is 513. The van der Waals surface area contributed by atoms with Gasteiger partial charge in [-0.3, -0.25) is 4.79 Å². The monoisotopic (exact) mass is 214 g/mol. The summed E-state index contributed by atoms with van der Waals surface area (Å²) in [5.74, 6) is 1.12. The van der Waals surface area contributed by atoms with Gasteiger partial charge in [0.2, 0.25) is 0 Å². The Morgan fingerprint density at radius 1 is 1.38 bits per heavy atom. The van der Waals surface area contributed by atoms with E-state index in [0.717, 1.165) is 23.3 Å². The van der Waals surface area contributed by atoms with Gasteiger partial charge in [-0.1, -0.05) is 11.6 Å². The van der Waals surface area contributed by atoms with Crippen molar-refractivity contribution in [3.63, 3.8) is 0 Å². The summed E-state index contributed by atoms with van der Waals surface area (Å²) in [5, 5.41) is 0. The lowest BCUT2D eigenvalue weighted by atomic mass is 9.82. The summed E-state index contributed by atoms with van der Waals surface area (Å²) in [7, 11) is 0. The third kappa shape index (κ3) is 1.22. The van der Waals surface area contributed by atoms with Crippen LogP contribution in [-0.4, -0.2) is 11.4 Å². The number of fused-ring (bicyclic) bond motifs is 3. The molecule has 1 atom stereocenters. The molecular formula is C14H14O2. The first-order valence-corrected chi connectivity index (χ1v) is 5.63. The molecule has 0 radical (unpaired) electrons. The quantitative estimate of drug-likeness (QED) is 0.663. The number of carbonyl (C=O) groups is 1. The number of aryl methyl sites for hydroxylation is 1. The molecule has 1 aromatic rings. The van der Waals surface area contributed by atoms with Crippen LogP contribution < -0.4 is 4.74 Å². The second kappa shape index (κ2) is 2.97. The molecular weight excluding hydrogens is 200 g/mol. The van der Waals surface area contributed by atoms with E-state index in [2.05, 4.69) is 19.9 Å². The molecule has 1 aliphatic carbocycles. The first-order valence-electron chi connectivity index (χ1n) is 5.63. The Kier molecular flexibility index (Phi) is 1.79. The zero-order valence-electron chi connectivity index (χ0n) is 9.54. The van der Waals surface area contributed by atoms with Crippen LogP contribution in [0.25, 0.3) is 5.57 Å². The van der Waals surface area contributed by atoms with Crippen molar-refractivity contribution < 1.29 is 9.53 Å². The van der Waals surface area contributed by atoms with E-state index in [-0.39, 0.29) is 11.4 Å². The predicted octanol–water partition coefficient (Wildman–Crippen LogP) is 2.89. The van der Waals surface area contributed by atoms with Crippen LogP contribution >= 0.6 is 0 Å². The van der Waals surface area contributed by atoms with Crippen LogP contribution in [0.4, 0.5) is 0 Å². The third-order valence-electron chi connectivity index (χ3n) is 3.48. The topological polar surface area (TPSA) is 26.3 Å². The van der Waals surface area contributed by atoms with Gasteiger partial charge in [-0.05, 0) is 38.5 Å². The molecule has 2 nitrogen and oxygen atoms in total. The van der Waals surface area contributed by atoms with Crippen molar-refractivity contribution in [1.82, 2.24) is 0 Å². The average molecular weight is 214 g/mol. The highest BCUT2D eigenvalue weighted by Gasteiger charge is 2.42. The van der Waals surface area contributed by atoms with Crippen LogP contribution in [-0.2, 0) is 4.79 Å². The van der Waals surface area contributed by atoms with E-state index >= 15 is 0 Å². The maximum Gasteiger partial charge on any atom is 0.156 e. The molecule has 0 bridgehead atoms. The SMILES string of the molecule is Cc1ccc2c(c1)C1=CC(=O)CCC1(C)O2. The molecule has 82 valence electrons. The number of hydrogen-bond acceptors (Lipinski definition) is 2. The summed E-state index contributed by atoms with van der Waals surface area (Å²) in [5.41, 5.74) is 3.06. The van der Waals surface area contributed by atoms with Gasteiger partial charge < -0.3 is 4.74 Å². The van der Waals surface area contributed by atoms with Crippen LogP contribution in [0.5, 0.6) is 5.75 Å². The van der Waals surface area contributed by atoms with E-state index in [4.69, 9.17) is 4.74 Å². The summed E-state index contributed by atoms with van der Waals surface area (Å²) < 4.78 is 5.98. The molecule has 3 rings (SSSR count). The Balaban J connectivity index is 2.21. The number of ether oxygens (including phenoxy) is 1. The minimum Gasteiger partial charge on any atom is -0.482 e. The summed E-state index contributed by atoms with van der Waals surface area (Å²) in [6.07, 6.45) is 3.13. The highest BCUT2D eigenvalue weighted by Crippen LogP contribution is 2.48. The number of benzene rings is 1. The summed E-state index contributed by atoms with van der Waals surface area (Å²) in [4.78, 5) is 11.5. The smallest absolute Gasteiger partial charge is 0.156 e. The van der Waals surface area contributed by atoms with Crippen molar-refractivity contribution in [2.24, 2.45) is 0 Å². The van der Waals surface area contributed by atoms with Gasteiger partial charge in [0.15, 0.2) is 5.78 Å². The van der Waals surface area contributed by atoms with E-state index in [1.807, 2.05) is 12.1 Å². The Labute approximate surface area is 94.9 Å².